The Bertz CT molecular complexity index is 1050. The number of carbonyl (C=O) groups excluding carboxylic acids is 1. The number of nitrogens with zero attached hydrogens (tertiary/aromatic N) is 2. The van der Waals surface area contributed by atoms with E-state index in [-0.39, 0.29) is 11.9 Å². The predicted molar refractivity (Wildman–Crippen MR) is 134 cm³/mol. The first-order valence-corrected chi connectivity index (χ1v) is 12.3. The van der Waals surface area contributed by atoms with Crippen molar-refractivity contribution in [1.82, 2.24) is 15.2 Å². The van der Waals surface area contributed by atoms with Crippen molar-refractivity contribution in [2.24, 2.45) is 0 Å². The average Bonchev–Trinajstić information content (AvgIpc) is 2.83. The lowest BCUT2D eigenvalue weighted by molar-refractivity contribution is -0.121. The molecule has 33 heavy (non-hydrogen) atoms. The monoisotopic (exact) mass is 481 g/mol. The maximum Gasteiger partial charge on any atom is 0.224 e. The van der Waals surface area contributed by atoms with Gasteiger partial charge >= 0.3 is 0 Å². The highest BCUT2D eigenvalue weighted by Crippen LogP contribution is 2.29. The molecule has 0 aliphatic carbocycles. The molecule has 0 bridgehead atoms. The smallest absolute Gasteiger partial charge is 0.224 e. The number of hydrogen-bond acceptors (Lipinski definition) is 3. The molecule has 2 aromatic carbocycles. The highest BCUT2D eigenvalue weighted by atomic mass is 35.5. The number of carbonyl (C=O) groups is 1. The van der Waals surface area contributed by atoms with Crippen molar-refractivity contribution in [3.8, 4) is 0 Å². The molecule has 0 unspecified atom stereocenters. The molecule has 172 valence electrons. The maximum absolute atomic E-state index is 12.9. The fourth-order valence-electron chi connectivity index (χ4n) is 4.54. The molecule has 1 amide bonds. The lowest BCUT2D eigenvalue weighted by Gasteiger charge is -2.38. The van der Waals surface area contributed by atoms with Gasteiger partial charge in [0.25, 0.3) is 0 Å². The highest BCUT2D eigenvalue weighted by molar-refractivity contribution is 6.42. The Morgan fingerprint density at radius 1 is 1.00 bits per heavy atom. The molecule has 1 fully saturated rings. The Morgan fingerprint density at radius 3 is 2.58 bits per heavy atom. The number of aromatic nitrogens is 1. The molecule has 1 aliphatic rings. The third-order valence-electron chi connectivity index (χ3n) is 6.21. The summed E-state index contributed by atoms with van der Waals surface area (Å²) in [6, 6.07) is 21.8. The van der Waals surface area contributed by atoms with Crippen LogP contribution in [0.5, 0.6) is 0 Å². The van der Waals surface area contributed by atoms with Gasteiger partial charge in [-0.05, 0) is 61.2 Å². The maximum atomic E-state index is 12.9. The van der Waals surface area contributed by atoms with Crippen LogP contribution in [-0.4, -0.2) is 28.4 Å². The summed E-state index contributed by atoms with van der Waals surface area (Å²) in [7, 11) is 0. The van der Waals surface area contributed by atoms with Gasteiger partial charge in [-0.1, -0.05) is 72.1 Å². The van der Waals surface area contributed by atoms with Crippen molar-refractivity contribution in [2.75, 3.05) is 6.54 Å². The van der Waals surface area contributed by atoms with Crippen LogP contribution in [0.2, 0.25) is 10.0 Å². The Balaban J connectivity index is 1.48. The zero-order valence-electron chi connectivity index (χ0n) is 18.6. The fraction of sp³-hybridized carbons (Fsp3) is 0.333. The van der Waals surface area contributed by atoms with E-state index < -0.39 is 0 Å². The summed E-state index contributed by atoms with van der Waals surface area (Å²) in [5.41, 5.74) is 3.06. The van der Waals surface area contributed by atoms with Gasteiger partial charge in [-0.15, -0.1) is 0 Å². The predicted octanol–water partition coefficient (Wildman–Crippen LogP) is 6.23. The minimum absolute atomic E-state index is 0.0173. The summed E-state index contributed by atoms with van der Waals surface area (Å²) in [6.07, 6.45) is 6.43. The number of nitrogens with one attached hydrogen (secondary N) is 1. The van der Waals surface area contributed by atoms with Crippen molar-refractivity contribution >= 4 is 29.1 Å². The zero-order valence-corrected chi connectivity index (χ0v) is 20.1. The van der Waals surface area contributed by atoms with Crippen molar-refractivity contribution in [1.29, 1.82) is 0 Å². The van der Waals surface area contributed by atoms with Gasteiger partial charge in [-0.3, -0.25) is 14.7 Å². The van der Waals surface area contributed by atoms with Crippen LogP contribution < -0.4 is 5.32 Å². The number of hydrogen-bond donors (Lipinski definition) is 1. The number of likely N-dealkylation sites (tertiary alicyclic amines) is 1. The molecule has 0 radical (unpaired) electrons. The van der Waals surface area contributed by atoms with E-state index in [1.807, 2.05) is 66.7 Å². The summed E-state index contributed by atoms with van der Waals surface area (Å²) in [6.45, 7) is 1.84. The van der Waals surface area contributed by atoms with Crippen LogP contribution >= 0.6 is 23.2 Å². The number of benzene rings is 2. The first-order chi connectivity index (χ1) is 16.1. The lowest BCUT2D eigenvalue weighted by atomic mass is 9.93. The molecule has 6 heteroatoms. The van der Waals surface area contributed by atoms with Crippen LogP contribution in [0, 0.1) is 0 Å². The number of amides is 1. The van der Waals surface area contributed by atoms with E-state index in [1.54, 1.807) is 6.20 Å². The van der Waals surface area contributed by atoms with Crippen LogP contribution in [0.25, 0.3) is 0 Å². The molecule has 4 nitrogen and oxygen atoms in total. The van der Waals surface area contributed by atoms with Gasteiger partial charge in [0.15, 0.2) is 0 Å². The Morgan fingerprint density at radius 2 is 1.82 bits per heavy atom. The number of rotatable bonds is 8. The largest absolute Gasteiger partial charge is 0.347 e. The molecule has 3 aromatic rings. The van der Waals surface area contributed by atoms with Crippen molar-refractivity contribution in [2.45, 2.75) is 50.7 Å². The molecule has 1 aliphatic heterocycles. The summed E-state index contributed by atoms with van der Waals surface area (Å²) in [5.74, 6) is 0.0173. The van der Waals surface area contributed by atoms with E-state index in [1.165, 1.54) is 12.8 Å². The molecule has 1 N–H and O–H groups in total. The normalized spacial score (nSPS) is 17.5. The first kappa shape index (κ1) is 23.7. The summed E-state index contributed by atoms with van der Waals surface area (Å²) < 4.78 is 0. The first-order valence-electron chi connectivity index (χ1n) is 11.5. The van der Waals surface area contributed by atoms with E-state index in [4.69, 9.17) is 23.2 Å². The Kier molecular flexibility index (Phi) is 8.38. The third-order valence-corrected chi connectivity index (χ3v) is 6.95. The van der Waals surface area contributed by atoms with Crippen LogP contribution in [-0.2, 0) is 17.8 Å². The van der Waals surface area contributed by atoms with Gasteiger partial charge in [-0.2, -0.15) is 0 Å². The van der Waals surface area contributed by atoms with Crippen LogP contribution in [0.15, 0.2) is 72.9 Å². The minimum Gasteiger partial charge on any atom is -0.347 e. The van der Waals surface area contributed by atoms with Gasteiger partial charge in [0.2, 0.25) is 5.91 Å². The van der Waals surface area contributed by atoms with Crippen molar-refractivity contribution < 1.29 is 4.79 Å². The average molecular weight is 482 g/mol. The van der Waals surface area contributed by atoms with E-state index in [0.29, 0.717) is 22.5 Å². The Labute approximate surface area is 205 Å². The second kappa shape index (κ2) is 11.6. The SMILES string of the molecule is O=C(Cc1ccccc1)N[C@H](C[C@@H]1CCCCN1Cc1ccc(Cl)c(Cl)c1)c1ccccn1. The quantitative estimate of drug-likeness (QED) is 0.414. The van der Waals surface area contributed by atoms with E-state index in [9.17, 15) is 4.79 Å². The lowest BCUT2D eigenvalue weighted by Crippen LogP contribution is -2.42. The number of halogens is 2. The molecule has 0 saturated carbocycles. The number of pyridine rings is 1. The molecule has 2 heterocycles. The summed E-state index contributed by atoms with van der Waals surface area (Å²) in [4.78, 5) is 20.0. The minimum atomic E-state index is -0.137. The Hall–Kier alpha value is -2.40. The van der Waals surface area contributed by atoms with E-state index in [0.717, 1.165) is 42.8 Å². The number of piperidine rings is 1. The van der Waals surface area contributed by atoms with Gasteiger partial charge in [0, 0.05) is 18.8 Å². The molecule has 0 spiro atoms. The van der Waals surface area contributed by atoms with Crippen molar-refractivity contribution in [3.63, 3.8) is 0 Å². The second-order valence-corrected chi connectivity index (χ2v) is 9.46. The molecule has 4 rings (SSSR count). The molecule has 1 saturated heterocycles. The van der Waals surface area contributed by atoms with E-state index in [2.05, 4.69) is 15.2 Å². The molecule has 1 aromatic heterocycles. The van der Waals surface area contributed by atoms with Gasteiger partial charge in [0.1, 0.15) is 0 Å². The van der Waals surface area contributed by atoms with Gasteiger partial charge in [0.05, 0.1) is 28.2 Å². The molecular weight excluding hydrogens is 453 g/mol. The topological polar surface area (TPSA) is 45.2 Å². The second-order valence-electron chi connectivity index (χ2n) is 8.64. The van der Waals surface area contributed by atoms with Gasteiger partial charge in [-0.25, -0.2) is 0 Å². The standard InChI is InChI=1S/C27H29Cl2N3O/c28-23-13-12-21(16-24(23)29)19-32-15-7-5-10-22(32)18-26(25-11-4-6-14-30-25)31-27(33)17-20-8-2-1-3-9-20/h1-4,6,8-9,11-14,16,22,26H,5,7,10,15,17-19H2,(H,31,33)/t22-,26+/m0/s1. The fourth-order valence-corrected chi connectivity index (χ4v) is 4.86. The van der Waals surface area contributed by atoms with Crippen LogP contribution in [0.4, 0.5) is 0 Å². The van der Waals surface area contributed by atoms with Crippen molar-refractivity contribution in [3.05, 3.63) is 99.8 Å². The van der Waals surface area contributed by atoms with Gasteiger partial charge < -0.3 is 5.32 Å². The van der Waals surface area contributed by atoms with E-state index >= 15 is 0 Å². The van der Waals surface area contributed by atoms with Crippen LogP contribution in [0.1, 0.15) is 48.5 Å². The highest BCUT2D eigenvalue weighted by Gasteiger charge is 2.28. The molecular formula is C27H29Cl2N3O. The zero-order chi connectivity index (χ0) is 23.0. The molecule has 2 atom stereocenters. The summed E-state index contributed by atoms with van der Waals surface area (Å²) >= 11 is 12.4. The van der Waals surface area contributed by atoms with Crippen LogP contribution in [0.3, 0.4) is 0 Å². The summed E-state index contributed by atoms with van der Waals surface area (Å²) in [5, 5.41) is 4.42. The third kappa shape index (κ3) is 6.80.